The third-order valence-electron chi connectivity index (χ3n) is 5.06. The molecule has 0 aliphatic rings. The average Bonchev–Trinajstić information content (AvgIpc) is 2.72. The van der Waals surface area contributed by atoms with Gasteiger partial charge in [0.15, 0.2) is 0 Å². The number of benzene rings is 2. The van der Waals surface area contributed by atoms with Crippen molar-refractivity contribution in [1.82, 2.24) is 0 Å². The Hall–Kier alpha value is -2.86. The van der Waals surface area contributed by atoms with E-state index in [2.05, 4.69) is 36.8 Å². The first-order valence-corrected chi connectivity index (χ1v) is 10.6. The van der Waals surface area contributed by atoms with Crippen LogP contribution in [-0.2, 0) is 24.5 Å². The number of hydrogen-bond donors (Lipinski definition) is 0. The van der Waals surface area contributed by atoms with Crippen LogP contribution in [0.15, 0.2) is 36.4 Å². The van der Waals surface area contributed by atoms with E-state index in [1.165, 1.54) is 25.0 Å². The van der Waals surface area contributed by atoms with Crippen molar-refractivity contribution in [2.75, 3.05) is 27.4 Å². The average molecular weight is 477 g/mol. The summed E-state index contributed by atoms with van der Waals surface area (Å²) in [5.41, 5.74) is 4.31. The van der Waals surface area contributed by atoms with E-state index in [0.29, 0.717) is 19.0 Å². The lowest BCUT2D eigenvalue weighted by molar-refractivity contribution is -0.141. The minimum atomic E-state index is -0.300. The normalized spacial score (nSPS) is 10.0. The molecule has 2 rings (SSSR count). The number of aryl methyl sites for hydroxylation is 2. The van der Waals surface area contributed by atoms with Gasteiger partial charge in [0.25, 0.3) is 0 Å². The maximum atomic E-state index is 11.1. The van der Waals surface area contributed by atoms with E-state index in [4.69, 9.17) is 14.2 Å². The van der Waals surface area contributed by atoms with Crippen LogP contribution in [-0.4, -0.2) is 39.4 Å². The fraction of sp³-hybridized carbons (Fsp3) is 0.500. The summed E-state index contributed by atoms with van der Waals surface area (Å²) in [5, 5.41) is 0. The largest absolute Gasteiger partial charge is 0.496 e. The highest BCUT2D eigenvalue weighted by molar-refractivity contribution is 5.70. The summed E-state index contributed by atoms with van der Waals surface area (Å²) in [4.78, 5) is 21.3. The molecule has 0 fully saturated rings. The minimum Gasteiger partial charge on any atom is -0.496 e. The van der Waals surface area contributed by atoms with E-state index in [9.17, 15) is 9.59 Å². The fourth-order valence-electron chi connectivity index (χ4n) is 3.16. The van der Waals surface area contributed by atoms with Crippen LogP contribution in [0.1, 0.15) is 71.2 Å². The molecule has 6 heteroatoms. The van der Waals surface area contributed by atoms with Crippen molar-refractivity contribution in [3.63, 3.8) is 0 Å². The van der Waals surface area contributed by atoms with Gasteiger partial charge in [-0.15, -0.1) is 0 Å². The molecule has 0 N–H and O–H groups in total. The van der Waals surface area contributed by atoms with Gasteiger partial charge in [0.1, 0.15) is 11.5 Å². The molecule has 0 aromatic heterocycles. The molecule has 6 nitrogen and oxygen atoms in total. The molecule has 0 aliphatic heterocycles. The Bertz CT molecular complexity index is 902. The monoisotopic (exact) mass is 476 g/mol. The summed E-state index contributed by atoms with van der Waals surface area (Å²) in [6, 6.07) is 12.2. The van der Waals surface area contributed by atoms with Gasteiger partial charge in [-0.3, -0.25) is 9.59 Å². The second kappa shape index (κ2) is 15.9. The summed E-state index contributed by atoms with van der Waals surface area (Å²) < 4.78 is 19.9. The van der Waals surface area contributed by atoms with Gasteiger partial charge < -0.3 is 18.9 Å². The number of hydrogen-bond acceptors (Lipinski definition) is 6. The topological polar surface area (TPSA) is 71.1 Å². The summed E-state index contributed by atoms with van der Waals surface area (Å²) in [7, 11) is 3.30. The molecule has 0 radical (unpaired) electrons. The standard InChI is InChI=1S/C20H24O3.C6H12O3.2CH4/c1-13-11-16(7-9-18(13)22-6)20(4,5)17-8-10-19(14(2)12-17)23-15(3)21;1-6(7)9-5-3-4-8-2;;/h7-12H,1-6H3;3-5H2,1-2H3;2*1H4. The van der Waals surface area contributed by atoms with Crippen molar-refractivity contribution >= 4 is 11.9 Å². The summed E-state index contributed by atoms with van der Waals surface area (Å²) >= 11 is 0. The van der Waals surface area contributed by atoms with Crippen LogP contribution in [0.5, 0.6) is 11.5 Å². The van der Waals surface area contributed by atoms with E-state index in [1.807, 2.05) is 32.0 Å². The smallest absolute Gasteiger partial charge is 0.308 e. The lowest BCUT2D eigenvalue weighted by atomic mass is 9.77. The number of rotatable bonds is 8. The number of methoxy groups -OCH3 is 2. The Morgan fingerprint density at radius 1 is 0.794 bits per heavy atom. The van der Waals surface area contributed by atoms with Crippen LogP contribution < -0.4 is 9.47 Å². The Morgan fingerprint density at radius 2 is 1.29 bits per heavy atom. The molecule has 0 amide bonds. The highest BCUT2D eigenvalue weighted by atomic mass is 16.5. The molecule has 0 heterocycles. The molecule has 34 heavy (non-hydrogen) atoms. The maximum Gasteiger partial charge on any atom is 0.308 e. The molecular weight excluding hydrogens is 432 g/mol. The van der Waals surface area contributed by atoms with Crippen molar-refractivity contribution in [2.24, 2.45) is 0 Å². The first-order chi connectivity index (χ1) is 15.0. The van der Waals surface area contributed by atoms with Crippen molar-refractivity contribution in [3.8, 4) is 11.5 Å². The van der Waals surface area contributed by atoms with Gasteiger partial charge in [-0.25, -0.2) is 0 Å². The van der Waals surface area contributed by atoms with Crippen LogP contribution in [0.2, 0.25) is 0 Å². The van der Waals surface area contributed by atoms with Gasteiger partial charge in [0.2, 0.25) is 0 Å². The predicted octanol–water partition coefficient (Wildman–Crippen LogP) is 6.42. The lowest BCUT2D eigenvalue weighted by Crippen LogP contribution is -2.19. The van der Waals surface area contributed by atoms with Crippen molar-refractivity contribution in [3.05, 3.63) is 58.7 Å². The van der Waals surface area contributed by atoms with Crippen molar-refractivity contribution in [2.45, 2.75) is 68.2 Å². The van der Waals surface area contributed by atoms with Crippen LogP contribution in [0, 0.1) is 13.8 Å². The Morgan fingerprint density at radius 3 is 1.68 bits per heavy atom. The van der Waals surface area contributed by atoms with E-state index in [0.717, 1.165) is 23.3 Å². The molecule has 0 saturated carbocycles. The van der Waals surface area contributed by atoms with Crippen LogP contribution in [0.25, 0.3) is 0 Å². The van der Waals surface area contributed by atoms with E-state index >= 15 is 0 Å². The number of carbonyl (C=O) groups excluding carboxylic acids is 2. The van der Waals surface area contributed by atoms with Gasteiger partial charge in [0, 0.05) is 39.4 Å². The first kappa shape index (κ1) is 33.3. The molecular formula is C28H44O6. The minimum absolute atomic E-state index is 0. The molecule has 0 spiro atoms. The third-order valence-corrected chi connectivity index (χ3v) is 5.06. The van der Waals surface area contributed by atoms with Crippen LogP contribution >= 0.6 is 0 Å². The van der Waals surface area contributed by atoms with Gasteiger partial charge in [0.05, 0.1) is 13.7 Å². The zero-order valence-electron chi connectivity index (χ0n) is 20.5. The molecule has 2 aromatic carbocycles. The highest BCUT2D eigenvalue weighted by Crippen LogP contribution is 2.35. The quantitative estimate of drug-likeness (QED) is 0.249. The fourth-order valence-corrected chi connectivity index (χ4v) is 3.16. The molecule has 0 bridgehead atoms. The molecule has 0 saturated heterocycles. The number of esters is 2. The second-order valence-corrected chi connectivity index (χ2v) is 8.07. The van der Waals surface area contributed by atoms with Crippen molar-refractivity contribution < 1.29 is 28.5 Å². The SMILES string of the molecule is C.C.COCCCOC(C)=O.COc1ccc(C(C)(C)c2ccc(OC(C)=O)c(C)c2)cc1C. The lowest BCUT2D eigenvalue weighted by Gasteiger charge is -2.27. The molecule has 0 atom stereocenters. The van der Waals surface area contributed by atoms with Crippen molar-refractivity contribution in [1.29, 1.82) is 0 Å². The van der Waals surface area contributed by atoms with Gasteiger partial charge in [-0.2, -0.15) is 0 Å². The van der Waals surface area contributed by atoms with E-state index < -0.39 is 0 Å². The Kier molecular flexibility index (Phi) is 15.6. The molecule has 0 unspecified atom stereocenters. The van der Waals surface area contributed by atoms with Crippen LogP contribution in [0.4, 0.5) is 0 Å². The van der Waals surface area contributed by atoms with Gasteiger partial charge in [-0.05, 0) is 48.2 Å². The van der Waals surface area contributed by atoms with E-state index in [1.54, 1.807) is 14.2 Å². The third kappa shape index (κ3) is 10.4. The molecule has 2 aromatic rings. The number of carbonyl (C=O) groups is 2. The Balaban J connectivity index is 0. The number of ether oxygens (including phenoxy) is 4. The second-order valence-electron chi connectivity index (χ2n) is 8.07. The zero-order chi connectivity index (χ0) is 24.3. The zero-order valence-corrected chi connectivity index (χ0v) is 20.5. The maximum absolute atomic E-state index is 11.1. The predicted molar refractivity (Wildman–Crippen MR) is 139 cm³/mol. The summed E-state index contributed by atoms with van der Waals surface area (Å²) in [6.45, 7) is 12.3. The first-order valence-electron chi connectivity index (χ1n) is 10.6. The summed E-state index contributed by atoms with van der Waals surface area (Å²) in [5.74, 6) is 0.978. The van der Waals surface area contributed by atoms with E-state index in [-0.39, 0.29) is 32.2 Å². The Labute approximate surface area is 206 Å². The summed E-state index contributed by atoms with van der Waals surface area (Å²) in [6.07, 6.45) is 0.774. The molecule has 0 aliphatic carbocycles. The van der Waals surface area contributed by atoms with Crippen LogP contribution in [0.3, 0.4) is 0 Å². The highest BCUT2D eigenvalue weighted by Gasteiger charge is 2.24. The van der Waals surface area contributed by atoms with Gasteiger partial charge >= 0.3 is 11.9 Å². The van der Waals surface area contributed by atoms with Gasteiger partial charge in [-0.1, -0.05) is 53.0 Å². The molecule has 192 valence electrons.